The number of carbonyl (C=O) groups excluding carboxylic acids is 2. The Bertz CT molecular complexity index is 970. The van der Waals surface area contributed by atoms with E-state index in [0.717, 1.165) is 15.6 Å². The van der Waals surface area contributed by atoms with Crippen LogP contribution in [-0.4, -0.2) is 46.7 Å². The SMILES string of the molecule is CCOC(=O)[C@@H]1CN(S(=O)(=O)c2cccs2)c2ccc(CC(=O)OC)cc2O1. The summed E-state index contributed by atoms with van der Waals surface area (Å²) in [5.41, 5.74) is 0.867. The predicted octanol–water partition coefficient (Wildman–Crippen LogP) is 1.98. The van der Waals surface area contributed by atoms with E-state index in [1.165, 1.54) is 19.2 Å². The minimum atomic E-state index is -3.88. The monoisotopic (exact) mass is 425 g/mol. The number of esters is 2. The lowest BCUT2D eigenvalue weighted by atomic mass is 10.1. The summed E-state index contributed by atoms with van der Waals surface area (Å²) >= 11 is 1.08. The van der Waals surface area contributed by atoms with E-state index in [4.69, 9.17) is 9.47 Å². The molecule has 0 fully saturated rings. The Morgan fingerprint density at radius 2 is 2.11 bits per heavy atom. The molecule has 2 aromatic rings. The normalized spacial score (nSPS) is 16.1. The molecule has 0 bridgehead atoms. The maximum Gasteiger partial charge on any atom is 0.349 e. The van der Waals surface area contributed by atoms with Crippen molar-refractivity contribution >= 4 is 39.0 Å². The van der Waals surface area contributed by atoms with E-state index in [1.54, 1.807) is 30.5 Å². The van der Waals surface area contributed by atoms with Gasteiger partial charge >= 0.3 is 11.9 Å². The Morgan fingerprint density at radius 1 is 1.32 bits per heavy atom. The lowest BCUT2D eigenvalue weighted by Crippen LogP contribution is -2.47. The van der Waals surface area contributed by atoms with Crippen molar-refractivity contribution < 1.29 is 32.2 Å². The third-order valence-electron chi connectivity index (χ3n) is 4.06. The summed E-state index contributed by atoms with van der Waals surface area (Å²) in [5, 5.41) is 1.66. The maximum atomic E-state index is 13.1. The number of benzene rings is 1. The fraction of sp³-hybridized carbons (Fsp3) is 0.333. The van der Waals surface area contributed by atoms with Gasteiger partial charge in [0.1, 0.15) is 9.96 Å². The number of sulfonamides is 1. The summed E-state index contributed by atoms with van der Waals surface area (Å²) in [7, 11) is -2.60. The molecule has 1 atom stereocenters. The Balaban J connectivity index is 2.03. The number of anilines is 1. The van der Waals surface area contributed by atoms with Crippen molar-refractivity contribution in [1.29, 1.82) is 0 Å². The molecule has 150 valence electrons. The fourth-order valence-electron chi connectivity index (χ4n) is 2.75. The zero-order valence-corrected chi connectivity index (χ0v) is 16.9. The number of thiophene rings is 1. The molecule has 1 aromatic heterocycles. The van der Waals surface area contributed by atoms with E-state index in [0.29, 0.717) is 11.3 Å². The van der Waals surface area contributed by atoms with Gasteiger partial charge < -0.3 is 14.2 Å². The first-order valence-corrected chi connectivity index (χ1v) is 10.8. The van der Waals surface area contributed by atoms with E-state index in [1.807, 2.05) is 0 Å². The Morgan fingerprint density at radius 3 is 2.75 bits per heavy atom. The van der Waals surface area contributed by atoms with Crippen molar-refractivity contribution in [2.75, 3.05) is 24.6 Å². The average molecular weight is 425 g/mol. The summed E-state index contributed by atoms with van der Waals surface area (Å²) in [6, 6.07) is 7.86. The number of hydrogen-bond acceptors (Lipinski definition) is 8. The van der Waals surface area contributed by atoms with Gasteiger partial charge in [0.2, 0.25) is 6.10 Å². The van der Waals surface area contributed by atoms with Crippen LogP contribution in [0.4, 0.5) is 5.69 Å². The molecular formula is C18H19NO7S2. The Labute approximate surface area is 166 Å². The zero-order valence-electron chi connectivity index (χ0n) is 15.3. The van der Waals surface area contributed by atoms with Crippen LogP contribution in [0.25, 0.3) is 0 Å². The molecule has 0 amide bonds. The molecule has 1 aromatic carbocycles. The highest BCUT2D eigenvalue weighted by Crippen LogP contribution is 2.38. The lowest BCUT2D eigenvalue weighted by Gasteiger charge is -2.34. The van der Waals surface area contributed by atoms with E-state index >= 15 is 0 Å². The summed E-state index contributed by atoms with van der Waals surface area (Å²) in [5.74, 6) is -0.912. The van der Waals surface area contributed by atoms with Gasteiger partial charge in [-0.05, 0) is 36.1 Å². The smallest absolute Gasteiger partial charge is 0.349 e. The molecule has 10 heteroatoms. The summed E-state index contributed by atoms with van der Waals surface area (Å²) in [4.78, 5) is 23.8. The highest BCUT2D eigenvalue weighted by atomic mass is 32.2. The van der Waals surface area contributed by atoms with Crippen LogP contribution in [0, 0.1) is 0 Å². The molecule has 0 saturated carbocycles. The number of fused-ring (bicyclic) bond motifs is 1. The second-order valence-electron chi connectivity index (χ2n) is 5.88. The van der Waals surface area contributed by atoms with Crippen LogP contribution < -0.4 is 9.04 Å². The maximum absolute atomic E-state index is 13.1. The van der Waals surface area contributed by atoms with Gasteiger partial charge in [0.25, 0.3) is 10.0 Å². The van der Waals surface area contributed by atoms with Crippen molar-refractivity contribution in [3.63, 3.8) is 0 Å². The highest BCUT2D eigenvalue weighted by Gasteiger charge is 2.38. The predicted molar refractivity (Wildman–Crippen MR) is 102 cm³/mol. The van der Waals surface area contributed by atoms with Gasteiger partial charge in [0.05, 0.1) is 32.4 Å². The average Bonchev–Trinajstić information content (AvgIpc) is 3.22. The second-order valence-corrected chi connectivity index (χ2v) is 8.92. The van der Waals surface area contributed by atoms with Crippen LogP contribution >= 0.6 is 11.3 Å². The number of methoxy groups -OCH3 is 1. The second kappa shape index (κ2) is 8.19. The van der Waals surface area contributed by atoms with Crippen molar-refractivity contribution in [3.8, 4) is 5.75 Å². The van der Waals surface area contributed by atoms with E-state index < -0.39 is 28.1 Å². The fourth-order valence-corrected chi connectivity index (χ4v) is 5.33. The zero-order chi connectivity index (χ0) is 20.3. The molecule has 0 unspecified atom stereocenters. The third-order valence-corrected chi connectivity index (χ3v) is 7.21. The quantitative estimate of drug-likeness (QED) is 0.653. The van der Waals surface area contributed by atoms with Crippen LogP contribution in [-0.2, 0) is 35.5 Å². The van der Waals surface area contributed by atoms with Gasteiger partial charge in [-0.1, -0.05) is 12.1 Å². The van der Waals surface area contributed by atoms with E-state index in [2.05, 4.69) is 4.74 Å². The molecule has 1 aliphatic heterocycles. The molecule has 0 radical (unpaired) electrons. The summed E-state index contributed by atoms with van der Waals surface area (Å²) in [6.45, 7) is 1.59. The van der Waals surface area contributed by atoms with Crippen LogP contribution in [0.2, 0.25) is 0 Å². The summed E-state index contributed by atoms with van der Waals surface area (Å²) in [6.07, 6.45) is -1.12. The minimum Gasteiger partial charge on any atom is -0.475 e. The van der Waals surface area contributed by atoms with Gasteiger partial charge in [-0.15, -0.1) is 11.3 Å². The molecule has 0 N–H and O–H groups in total. The van der Waals surface area contributed by atoms with Crippen LogP contribution in [0.3, 0.4) is 0 Å². The topological polar surface area (TPSA) is 99.2 Å². The minimum absolute atomic E-state index is 0.00507. The number of nitrogens with zero attached hydrogens (tertiary/aromatic N) is 1. The number of carbonyl (C=O) groups is 2. The molecule has 2 heterocycles. The van der Waals surface area contributed by atoms with Gasteiger partial charge in [0, 0.05) is 0 Å². The Hall–Kier alpha value is -2.59. The van der Waals surface area contributed by atoms with Crippen molar-refractivity contribution in [2.24, 2.45) is 0 Å². The number of rotatable bonds is 6. The first-order chi connectivity index (χ1) is 13.4. The molecule has 0 aliphatic carbocycles. The standard InChI is InChI=1S/C18H19NO7S2/c1-3-25-18(21)15-11-19(28(22,23)17-5-4-8-27-17)13-7-6-12(9-14(13)26-15)10-16(20)24-2/h4-9,15H,3,10-11H2,1-2H3/t15-/m0/s1. The van der Waals surface area contributed by atoms with Crippen molar-refractivity contribution in [3.05, 3.63) is 41.3 Å². The first kappa shape index (κ1) is 20.2. The third kappa shape index (κ3) is 3.97. The molecule has 3 rings (SSSR count). The molecule has 0 saturated heterocycles. The molecule has 8 nitrogen and oxygen atoms in total. The van der Waals surface area contributed by atoms with Gasteiger partial charge in [-0.25, -0.2) is 13.2 Å². The number of ether oxygens (including phenoxy) is 3. The number of hydrogen-bond donors (Lipinski definition) is 0. The van der Waals surface area contributed by atoms with Crippen molar-refractivity contribution in [2.45, 2.75) is 23.7 Å². The van der Waals surface area contributed by atoms with Gasteiger partial charge in [0.15, 0.2) is 0 Å². The van der Waals surface area contributed by atoms with E-state index in [9.17, 15) is 18.0 Å². The summed E-state index contributed by atoms with van der Waals surface area (Å²) < 4.78 is 42.9. The Kier molecular flexibility index (Phi) is 5.90. The van der Waals surface area contributed by atoms with E-state index in [-0.39, 0.29) is 29.5 Å². The molecular weight excluding hydrogens is 406 g/mol. The van der Waals surface area contributed by atoms with Crippen LogP contribution in [0.15, 0.2) is 39.9 Å². The molecule has 28 heavy (non-hydrogen) atoms. The van der Waals surface area contributed by atoms with Crippen LogP contribution in [0.1, 0.15) is 12.5 Å². The molecule has 1 aliphatic rings. The van der Waals surface area contributed by atoms with Crippen molar-refractivity contribution in [1.82, 2.24) is 0 Å². The molecule has 0 spiro atoms. The van der Waals surface area contributed by atoms with Gasteiger partial charge in [-0.2, -0.15) is 0 Å². The largest absolute Gasteiger partial charge is 0.475 e. The van der Waals surface area contributed by atoms with Crippen LogP contribution in [0.5, 0.6) is 5.75 Å². The highest BCUT2D eigenvalue weighted by molar-refractivity contribution is 7.94. The lowest BCUT2D eigenvalue weighted by molar-refractivity contribution is -0.151. The van der Waals surface area contributed by atoms with Gasteiger partial charge in [-0.3, -0.25) is 9.10 Å². The first-order valence-electron chi connectivity index (χ1n) is 8.46.